The monoisotopic (exact) mass is 438 g/mol. The molecule has 0 aliphatic heterocycles. The maximum atomic E-state index is 12.0. The molecule has 0 fully saturated rings. The van der Waals surface area contributed by atoms with Crippen molar-refractivity contribution in [3.8, 4) is 6.07 Å². The van der Waals surface area contributed by atoms with Gasteiger partial charge in [0, 0.05) is 23.6 Å². The number of carbonyl (C=O) groups is 3. The summed E-state index contributed by atoms with van der Waals surface area (Å²) in [6.45, 7) is 2.25. The Morgan fingerprint density at radius 1 is 1.18 bits per heavy atom. The number of hydrogen-bond acceptors (Lipinski definition) is 6. The van der Waals surface area contributed by atoms with Crippen LogP contribution < -0.4 is 5.32 Å². The van der Waals surface area contributed by atoms with Gasteiger partial charge in [0.05, 0.1) is 18.1 Å². The summed E-state index contributed by atoms with van der Waals surface area (Å²) in [6, 6.07) is 7.12. The lowest BCUT2D eigenvalue weighted by molar-refractivity contribution is -0.192. The standard InChI is InChI=1S/C14H16N2O3S2.C2HF3O2/c1-10-11(9-15)3-2-4-12(10)14(19)16-6-8-21-20-7-5-13(17)18;3-2(4,5)1(6)7/h2-4H,5-8H2,1H3,(H,16,19)(H,17,18);(H,6,7). The van der Waals surface area contributed by atoms with Gasteiger partial charge in [-0.25, -0.2) is 4.79 Å². The Kier molecular flexibility index (Phi) is 11.8. The Balaban J connectivity index is 0.000000887. The SMILES string of the molecule is Cc1c(C#N)cccc1C(=O)NCCSSCCC(=O)O.O=C(O)C(F)(F)F. The third-order valence-corrected chi connectivity index (χ3v) is 5.30. The molecule has 0 atom stereocenters. The minimum Gasteiger partial charge on any atom is -0.481 e. The summed E-state index contributed by atoms with van der Waals surface area (Å²) >= 11 is 0. The molecular weight excluding hydrogens is 421 g/mol. The van der Waals surface area contributed by atoms with Gasteiger partial charge in [-0.2, -0.15) is 18.4 Å². The summed E-state index contributed by atoms with van der Waals surface area (Å²) in [7, 11) is 3.01. The highest BCUT2D eigenvalue weighted by Gasteiger charge is 2.38. The van der Waals surface area contributed by atoms with Gasteiger partial charge in [0.2, 0.25) is 0 Å². The molecule has 0 unspecified atom stereocenters. The van der Waals surface area contributed by atoms with Crippen LogP contribution in [0.4, 0.5) is 13.2 Å². The Morgan fingerprint density at radius 3 is 2.25 bits per heavy atom. The van der Waals surface area contributed by atoms with Gasteiger partial charge in [-0.3, -0.25) is 9.59 Å². The fourth-order valence-corrected chi connectivity index (χ4v) is 3.44. The molecule has 0 bridgehead atoms. The van der Waals surface area contributed by atoms with Crippen LogP contribution in [-0.4, -0.2) is 52.3 Å². The highest BCUT2D eigenvalue weighted by molar-refractivity contribution is 8.76. The molecule has 0 radical (unpaired) electrons. The Labute approximate surface area is 166 Å². The van der Waals surface area contributed by atoms with Crippen molar-refractivity contribution in [1.82, 2.24) is 5.32 Å². The lowest BCUT2D eigenvalue weighted by Crippen LogP contribution is -2.26. The van der Waals surface area contributed by atoms with Crippen LogP contribution in [0, 0.1) is 18.3 Å². The van der Waals surface area contributed by atoms with Crippen molar-refractivity contribution < 1.29 is 37.8 Å². The minimum absolute atomic E-state index is 0.143. The number of nitrogens with one attached hydrogen (secondary N) is 1. The van der Waals surface area contributed by atoms with Crippen molar-refractivity contribution in [3.05, 3.63) is 34.9 Å². The number of rotatable bonds is 8. The molecule has 0 saturated carbocycles. The van der Waals surface area contributed by atoms with Gasteiger partial charge in [-0.15, -0.1) is 0 Å². The lowest BCUT2D eigenvalue weighted by Gasteiger charge is -2.08. The van der Waals surface area contributed by atoms with Crippen LogP contribution in [0.5, 0.6) is 0 Å². The van der Waals surface area contributed by atoms with Crippen LogP contribution in [0.3, 0.4) is 0 Å². The number of halogens is 3. The van der Waals surface area contributed by atoms with Gasteiger partial charge >= 0.3 is 18.1 Å². The molecule has 3 N–H and O–H groups in total. The van der Waals surface area contributed by atoms with Gasteiger partial charge in [0.15, 0.2) is 0 Å². The first-order valence-corrected chi connectivity index (χ1v) is 10.0. The Morgan fingerprint density at radius 2 is 1.75 bits per heavy atom. The predicted octanol–water partition coefficient (Wildman–Crippen LogP) is 3.09. The van der Waals surface area contributed by atoms with Crippen molar-refractivity contribution in [1.29, 1.82) is 5.26 Å². The van der Waals surface area contributed by atoms with E-state index in [2.05, 4.69) is 11.4 Å². The number of amides is 1. The fourth-order valence-electron chi connectivity index (χ4n) is 1.55. The molecule has 28 heavy (non-hydrogen) atoms. The molecule has 0 saturated heterocycles. The highest BCUT2D eigenvalue weighted by atomic mass is 33.1. The second-order valence-electron chi connectivity index (χ2n) is 4.94. The van der Waals surface area contributed by atoms with E-state index in [1.165, 1.54) is 21.6 Å². The van der Waals surface area contributed by atoms with Gasteiger partial charge in [-0.05, 0) is 24.6 Å². The molecule has 0 aliphatic carbocycles. The third kappa shape index (κ3) is 10.7. The topological polar surface area (TPSA) is 127 Å². The van der Waals surface area contributed by atoms with E-state index < -0.39 is 18.1 Å². The molecule has 0 spiro atoms. The summed E-state index contributed by atoms with van der Waals surface area (Å²) in [5, 5.41) is 27.3. The lowest BCUT2D eigenvalue weighted by atomic mass is 10.0. The average molecular weight is 438 g/mol. The van der Waals surface area contributed by atoms with Crippen LogP contribution in [0.2, 0.25) is 0 Å². The van der Waals surface area contributed by atoms with Gasteiger partial charge in [0.1, 0.15) is 0 Å². The normalized spacial score (nSPS) is 10.2. The third-order valence-electron chi connectivity index (χ3n) is 2.89. The van der Waals surface area contributed by atoms with E-state index in [1.54, 1.807) is 25.1 Å². The van der Waals surface area contributed by atoms with Crippen LogP contribution in [0.15, 0.2) is 18.2 Å². The number of carboxylic acids is 2. The van der Waals surface area contributed by atoms with Crippen LogP contribution in [0.25, 0.3) is 0 Å². The van der Waals surface area contributed by atoms with Crippen molar-refractivity contribution in [2.24, 2.45) is 0 Å². The zero-order valence-electron chi connectivity index (χ0n) is 14.6. The van der Waals surface area contributed by atoms with Crippen molar-refractivity contribution in [2.45, 2.75) is 19.5 Å². The van der Waals surface area contributed by atoms with Crippen molar-refractivity contribution in [3.63, 3.8) is 0 Å². The van der Waals surface area contributed by atoms with Crippen LogP contribution >= 0.6 is 21.6 Å². The van der Waals surface area contributed by atoms with E-state index in [1.807, 2.05) is 0 Å². The van der Waals surface area contributed by atoms with Crippen molar-refractivity contribution in [2.75, 3.05) is 18.1 Å². The molecule has 154 valence electrons. The first-order chi connectivity index (χ1) is 13.0. The van der Waals surface area contributed by atoms with Crippen LogP contribution in [-0.2, 0) is 9.59 Å². The number of carbonyl (C=O) groups excluding carboxylic acids is 1. The molecule has 1 aromatic rings. The molecule has 1 amide bonds. The minimum atomic E-state index is -5.08. The van der Waals surface area contributed by atoms with Crippen molar-refractivity contribution >= 4 is 39.4 Å². The van der Waals surface area contributed by atoms with E-state index in [-0.39, 0.29) is 12.3 Å². The number of aliphatic carboxylic acids is 2. The van der Waals surface area contributed by atoms with E-state index in [0.717, 1.165) is 0 Å². The molecule has 0 aliphatic rings. The molecule has 7 nitrogen and oxygen atoms in total. The first kappa shape index (κ1) is 25.6. The second-order valence-corrected chi connectivity index (χ2v) is 7.64. The zero-order valence-corrected chi connectivity index (χ0v) is 16.2. The van der Waals surface area contributed by atoms with Gasteiger partial charge in [-0.1, -0.05) is 27.7 Å². The quantitative estimate of drug-likeness (QED) is 0.417. The fraction of sp³-hybridized carbons (Fsp3) is 0.375. The van der Waals surface area contributed by atoms with E-state index in [0.29, 0.717) is 34.7 Å². The molecule has 1 aromatic carbocycles. The van der Waals surface area contributed by atoms with Crippen LogP contribution in [0.1, 0.15) is 27.9 Å². The smallest absolute Gasteiger partial charge is 0.481 e. The maximum absolute atomic E-state index is 12.0. The van der Waals surface area contributed by atoms with Gasteiger partial charge in [0.25, 0.3) is 5.91 Å². The predicted molar refractivity (Wildman–Crippen MR) is 99.1 cm³/mol. The Bertz CT molecular complexity index is 736. The number of alkyl halides is 3. The van der Waals surface area contributed by atoms with E-state index in [9.17, 15) is 22.8 Å². The zero-order chi connectivity index (χ0) is 21.7. The number of nitrogens with zero attached hydrogens (tertiary/aromatic N) is 1. The van der Waals surface area contributed by atoms with E-state index >= 15 is 0 Å². The maximum Gasteiger partial charge on any atom is 0.490 e. The number of nitriles is 1. The first-order valence-electron chi connectivity index (χ1n) is 7.55. The number of benzene rings is 1. The van der Waals surface area contributed by atoms with Gasteiger partial charge < -0.3 is 15.5 Å². The van der Waals surface area contributed by atoms with E-state index in [4.69, 9.17) is 20.3 Å². The number of carboxylic acid groups (broad SMARTS) is 2. The second kappa shape index (κ2) is 12.9. The molecule has 1 rings (SSSR count). The number of hydrogen-bond donors (Lipinski definition) is 3. The Hall–Kier alpha value is -2.39. The summed E-state index contributed by atoms with van der Waals surface area (Å²) < 4.78 is 31.7. The highest BCUT2D eigenvalue weighted by Crippen LogP contribution is 2.21. The molecular formula is C16H17F3N2O5S2. The molecule has 0 aromatic heterocycles. The molecule has 0 heterocycles. The summed E-state index contributed by atoms with van der Waals surface area (Å²) in [5.74, 6) is -2.50. The summed E-state index contributed by atoms with van der Waals surface area (Å²) in [6.07, 6.45) is -4.94. The summed E-state index contributed by atoms with van der Waals surface area (Å²) in [5.41, 5.74) is 1.69. The average Bonchev–Trinajstić information content (AvgIpc) is 2.60. The summed E-state index contributed by atoms with van der Waals surface area (Å²) in [4.78, 5) is 31.2. The molecule has 12 heteroatoms. The largest absolute Gasteiger partial charge is 0.490 e.